The van der Waals surface area contributed by atoms with Crippen molar-refractivity contribution in [2.24, 2.45) is 5.73 Å². The van der Waals surface area contributed by atoms with Gasteiger partial charge in [-0.15, -0.1) is 0 Å². The standard InChI is InChI=1S/C11H17NO/c1-3-8-9(10(12)4-2)6-5-7-11(8)13/h5-7,10,13H,3-4,12H2,1-2H3. The van der Waals surface area contributed by atoms with Crippen LogP contribution in [0.3, 0.4) is 0 Å². The van der Waals surface area contributed by atoms with Gasteiger partial charge in [0.05, 0.1) is 0 Å². The number of phenolic OH excluding ortho intramolecular Hbond substituents is 1. The molecule has 2 nitrogen and oxygen atoms in total. The third kappa shape index (κ3) is 2.01. The smallest absolute Gasteiger partial charge is 0.119 e. The summed E-state index contributed by atoms with van der Waals surface area (Å²) < 4.78 is 0. The lowest BCUT2D eigenvalue weighted by Gasteiger charge is -2.14. The summed E-state index contributed by atoms with van der Waals surface area (Å²) in [6, 6.07) is 5.60. The molecule has 1 rings (SSSR count). The zero-order valence-electron chi connectivity index (χ0n) is 8.25. The highest BCUT2D eigenvalue weighted by Crippen LogP contribution is 2.26. The van der Waals surface area contributed by atoms with Gasteiger partial charge in [0, 0.05) is 6.04 Å². The maximum absolute atomic E-state index is 9.58. The zero-order valence-corrected chi connectivity index (χ0v) is 8.25. The van der Waals surface area contributed by atoms with Crippen LogP contribution < -0.4 is 5.73 Å². The molecule has 0 bridgehead atoms. The topological polar surface area (TPSA) is 46.2 Å². The highest BCUT2D eigenvalue weighted by Gasteiger charge is 2.10. The van der Waals surface area contributed by atoms with Gasteiger partial charge in [-0.1, -0.05) is 26.0 Å². The van der Waals surface area contributed by atoms with Crippen LogP contribution in [0, 0.1) is 0 Å². The van der Waals surface area contributed by atoms with Crippen molar-refractivity contribution in [2.45, 2.75) is 32.7 Å². The maximum atomic E-state index is 9.58. The van der Waals surface area contributed by atoms with Gasteiger partial charge in [-0.3, -0.25) is 0 Å². The van der Waals surface area contributed by atoms with Gasteiger partial charge in [0.15, 0.2) is 0 Å². The summed E-state index contributed by atoms with van der Waals surface area (Å²) >= 11 is 0. The molecule has 1 aromatic carbocycles. The number of hydrogen-bond acceptors (Lipinski definition) is 2. The van der Waals surface area contributed by atoms with Crippen molar-refractivity contribution in [3.05, 3.63) is 29.3 Å². The summed E-state index contributed by atoms with van der Waals surface area (Å²) in [6.45, 7) is 4.08. The van der Waals surface area contributed by atoms with E-state index < -0.39 is 0 Å². The second-order valence-corrected chi connectivity index (χ2v) is 3.21. The average Bonchev–Trinajstić information content (AvgIpc) is 2.16. The molecule has 1 unspecified atom stereocenters. The third-order valence-electron chi connectivity index (χ3n) is 2.38. The van der Waals surface area contributed by atoms with Gasteiger partial charge in [-0.05, 0) is 30.0 Å². The molecule has 1 aromatic rings. The van der Waals surface area contributed by atoms with Crippen LogP contribution in [-0.2, 0) is 6.42 Å². The Morgan fingerprint density at radius 2 is 2.08 bits per heavy atom. The Morgan fingerprint density at radius 1 is 1.38 bits per heavy atom. The predicted octanol–water partition coefficient (Wildman–Crippen LogP) is 2.36. The second-order valence-electron chi connectivity index (χ2n) is 3.21. The van der Waals surface area contributed by atoms with Crippen LogP contribution in [-0.4, -0.2) is 5.11 Å². The van der Waals surface area contributed by atoms with Crippen LogP contribution in [0.2, 0.25) is 0 Å². The second kappa shape index (κ2) is 4.28. The number of aromatic hydroxyl groups is 1. The van der Waals surface area contributed by atoms with E-state index in [0.717, 1.165) is 24.0 Å². The van der Waals surface area contributed by atoms with Crippen LogP contribution in [0.1, 0.15) is 37.4 Å². The minimum atomic E-state index is 0.0436. The highest BCUT2D eigenvalue weighted by molar-refractivity contribution is 5.40. The molecule has 0 aliphatic heterocycles. The lowest BCUT2D eigenvalue weighted by molar-refractivity contribution is 0.466. The van der Waals surface area contributed by atoms with Crippen molar-refractivity contribution in [2.75, 3.05) is 0 Å². The van der Waals surface area contributed by atoms with E-state index in [1.54, 1.807) is 6.07 Å². The minimum absolute atomic E-state index is 0.0436. The number of rotatable bonds is 3. The van der Waals surface area contributed by atoms with E-state index in [4.69, 9.17) is 5.73 Å². The molecule has 0 aromatic heterocycles. The lowest BCUT2D eigenvalue weighted by Crippen LogP contribution is -2.11. The Kier molecular flexibility index (Phi) is 3.32. The van der Waals surface area contributed by atoms with Crippen molar-refractivity contribution >= 4 is 0 Å². The van der Waals surface area contributed by atoms with Crippen molar-refractivity contribution in [1.82, 2.24) is 0 Å². The van der Waals surface area contributed by atoms with Gasteiger partial charge < -0.3 is 10.8 Å². The molecular weight excluding hydrogens is 162 g/mol. The summed E-state index contributed by atoms with van der Waals surface area (Å²) in [6.07, 6.45) is 1.73. The van der Waals surface area contributed by atoms with Crippen molar-refractivity contribution in [1.29, 1.82) is 0 Å². The quantitative estimate of drug-likeness (QED) is 0.748. The highest BCUT2D eigenvalue weighted by atomic mass is 16.3. The Bertz CT molecular complexity index is 283. The molecule has 0 saturated heterocycles. The van der Waals surface area contributed by atoms with Crippen LogP contribution >= 0.6 is 0 Å². The fourth-order valence-electron chi connectivity index (χ4n) is 1.54. The molecule has 0 spiro atoms. The first-order valence-electron chi connectivity index (χ1n) is 4.77. The number of benzene rings is 1. The van der Waals surface area contributed by atoms with Gasteiger partial charge in [-0.2, -0.15) is 0 Å². The SMILES string of the molecule is CCc1c(O)cccc1C(N)CC. The van der Waals surface area contributed by atoms with E-state index in [9.17, 15) is 5.11 Å². The average molecular weight is 179 g/mol. The molecule has 0 fully saturated rings. The molecule has 72 valence electrons. The number of hydrogen-bond donors (Lipinski definition) is 2. The summed E-state index contributed by atoms with van der Waals surface area (Å²) in [5, 5.41) is 9.58. The zero-order chi connectivity index (χ0) is 9.84. The maximum Gasteiger partial charge on any atom is 0.119 e. The van der Waals surface area contributed by atoms with Crippen molar-refractivity contribution in [3.8, 4) is 5.75 Å². The van der Waals surface area contributed by atoms with E-state index in [1.807, 2.05) is 26.0 Å². The first-order valence-corrected chi connectivity index (χ1v) is 4.77. The Labute approximate surface area is 79.4 Å². The Balaban J connectivity index is 3.12. The fourth-order valence-corrected chi connectivity index (χ4v) is 1.54. The number of phenols is 1. The molecule has 0 heterocycles. The van der Waals surface area contributed by atoms with Gasteiger partial charge >= 0.3 is 0 Å². The minimum Gasteiger partial charge on any atom is -0.508 e. The molecule has 0 aliphatic carbocycles. The molecule has 0 amide bonds. The number of nitrogens with two attached hydrogens (primary N) is 1. The monoisotopic (exact) mass is 179 g/mol. The van der Waals surface area contributed by atoms with E-state index in [-0.39, 0.29) is 6.04 Å². The van der Waals surface area contributed by atoms with E-state index in [0.29, 0.717) is 5.75 Å². The van der Waals surface area contributed by atoms with Crippen molar-refractivity contribution in [3.63, 3.8) is 0 Å². The summed E-state index contributed by atoms with van der Waals surface area (Å²) in [5.41, 5.74) is 7.99. The predicted molar refractivity (Wildman–Crippen MR) is 54.7 cm³/mol. The molecule has 0 radical (unpaired) electrons. The first kappa shape index (κ1) is 10.1. The molecule has 0 saturated carbocycles. The van der Waals surface area contributed by atoms with Crippen molar-refractivity contribution < 1.29 is 5.11 Å². The molecule has 3 N–H and O–H groups in total. The molecule has 13 heavy (non-hydrogen) atoms. The van der Waals surface area contributed by atoms with Gasteiger partial charge in [0.25, 0.3) is 0 Å². The Hall–Kier alpha value is -1.02. The largest absolute Gasteiger partial charge is 0.508 e. The van der Waals surface area contributed by atoms with E-state index >= 15 is 0 Å². The molecule has 2 heteroatoms. The summed E-state index contributed by atoms with van der Waals surface area (Å²) in [5.74, 6) is 0.365. The first-order chi connectivity index (χ1) is 6.20. The summed E-state index contributed by atoms with van der Waals surface area (Å²) in [4.78, 5) is 0. The fraction of sp³-hybridized carbons (Fsp3) is 0.455. The Morgan fingerprint density at radius 3 is 2.62 bits per heavy atom. The van der Waals surface area contributed by atoms with Crippen LogP contribution in [0.5, 0.6) is 5.75 Å². The summed E-state index contributed by atoms with van der Waals surface area (Å²) in [7, 11) is 0. The van der Waals surface area contributed by atoms with Crippen LogP contribution in [0.4, 0.5) is 0 Å². The molecule has 0 aliphatic rings. The molecule has 1 atom stereocenters. The lowest BCUT2D eigenvalue weighted by atomic mass is 9.97. The molecular formula is C11H17NO. The van der Waals surface area contributed by atoms with E-state index in [1.165, 1.54) is 0 Å². The van der Waals surface area contributed by atoms with Gasteiger partial charge in [-0.25, -0.2) is 0 Å². The third-order valence-corrected chi connectivity index (χ3v) is 2.38. The van der Waals surface area contributed by atoms with E-state index in [2.05, 4.69) is 0 Å². The normalized spacial score (nSPS) is 12.8. The van der Waals surface area contributed by atoms with Crippen LogP contribution in [0.25, 0.3) is 0 Å². The van der Waals surface area contributed by atoms with Crippen LogP contribution in [0.15, 0.2) is 18.2 Å². The van der Waals surface area contributed by atoms with Gasteiger partial charge in [0.1, 0.15) is 5.75 Å². The van der Waals surface area contributed by atoms with Gasteiger partial charge in [0.2, 0.25) is 0 Å².